The predicted octanol–water partition coefficient (Wildman–Crippen LogP) is 3.27. The lowest BCUT2D eigenvalue weighted by Crippen LogP contribution is -2.42. The van der Waals surface area contributed by atoms with Crippen LogP contribution in [-0.2, 0) is 5.75 Å². The minimum Gasteiger partial charge on any atom is -0.455 e. The summed E-state index contributed by atoms with van der Waals surface area (Å²) >= 11 is 1.65. The fourth-order valence-electron chi connectivity index (χ4n) is 2.96. The molecule has 0 aromatic carbocycles. The maximum Gasteiger partial charge on any atom is 0.289 e. The number of carbonyl (C=O) groups excluding carboxylic acids is 2. The zero-order valence-corrected chi connectivity index (χ0v) is 14.4. The van der Waals surface area contributed by atoms with Gasteiger partial charge in [0.05, 0.1) is 5.75 Å². The summed E-state index contributed by atoms with van der Waals surface area (Å²) in [5.41, 5.74) is 0.469. The first kappa shape index (κ1) is 16.8. The lowest BCUT2D eigenvalue weighted by atomic mass is 9.92. The summed E-state index contributed by atoms with van der Waals surface area (Å²) in [5, 5.41) is 0. The van der Waals surface area contributed by atoms with Crippen LogP contribution in [0.2, 0.25) is 0 Å². The zero-order chi connectivity index (χ0) is 16.9. The molecule has 126 valence electrons. The molecular formula is C18H20N2O3S. The molecule has 0 aliphatic carbocycles. The number of piperidine rings is 1. The number of ketones is 1. The van der Waals surface area contributed by atoms with Crippen LogP contribution in [0.1, 0.15) is 39.6 Å². The lowest BCUT2D eigenvalue weighted by molar-refractivity contribution is 0.0608. The number of amides is 1. The summed E-state index contributed by atoms with van der Waals surface area (Å²) in [6.07, 6.45) is 5.21. The molecule has 3 heterocycles. The van der Waals surface area contributed by atoms with Gasteiger partial charge in [0.25, 0.3) is 5.91 Å². The van der Waals surface area contributed by atoms with E-state index in [-0.39, 0.29) is 17.6 Å². The number of Topliss-reactive ketones (excluding diaryl/α,β-unsaturated/α-hetero) is 1. The molecule has 1 aliphatic rings. The number of pyridine rings is 1. The van der Waals surface area contributed by atoms with Crippen molar-refractivity contribution in [2.24, 2.45) is 5.92 Å². The van der Waals surface area contributed by atoms with E-state index in [0.29, 0.717) is 24.5 Å². The molecule has 5 nitrogen and oxygen atoms in total. The Morgan fingerprint density at radius 2 is 2.21 bits per heavy atom. The summed E-state index contributed by atoms with van der Waals surface area (Å²) in [7, 11) is 0. The van der Waals surface area contributed by atoms with Crippen molar-refractivity contribution in [1.29, 1.82) is 0 Å². The van der Waals surface area contributed by atoms with Crippen LogP contribution in [0.15, 0.2) is 40.9 Å². The monoisotopic (exact) mass is 344 g/mol. The maximum absolute atomic E-state index is 12.6. The normalized spacial score (nSPS) is 17.7. The van der Waals surface area contributed by atoms with Gasteiger partial charge in [0.15, 0.2) is 11.5 Å². The summed E-state index contributed by atoms with van der Waals surface area (Å²) in [5.74, 6) is 1.57. The Balaban J connectivity index is 1.68. The largest absolute Gasteiger partial charge is 0.455 e. The molecule has 1 aliphatic heterocycles. The van der Waals surface area contributed by atoms with Gasteiger partial charge >= 0.3 is 0 Å². The van der Waals surface area contributed by atoms with E-state index < -0.39 is 0 Å². The molecule has 2 aromatic rings. The van der Waals surface area contributed by atoms with Crippen molar-refractivity contribution in [2.75, 3.05) is 19.3 Å². The molecule has 0 radical (unpaired) electrons. The molecule has 0 unspecified atom stereocenters. The molecule has 0 N–H and O–H groups in total. The van der Waals surface area contributed by atoms with Gasteiger partial charge in [-0.1, -0.05) is 6.07 Å². The first-order valence-corrected chi connectivity index (χ1v) is 9.40. The van der Waals surface area contributed by atoms with Crippen LogP contribution in [-0.4, -0.2) is 40.9 Å². The Bertz CT molecular complexity index is 714. The quantitative estimate of drug-likeness (QED) is 0.779. The van der Waals surface area contributed by atoms with Crippen molar-refractivity contribution in [3.05, 3.63) is 53.7 Å². The van der Waals surface area contributed by atoms with Crippen molar-refractivity contribution in [3.8, 4) is 0 Å². The summed E-state index contributed by atoms with van der Waals surface area (Å²) in [6.45, 7) is 1.08. The maximum atomic E-state index is 12.6. The number of rotatable bonds is 5. The average molecular weight is 344 g/mol. The van der Waals surface area contributed by atoms with E-state index in [4.69, 9.17) is 4.42 Å². The van der Waals surface area contributed by atoms with Gasteiger partial charge in [-0.3, -0.25) is 14.6 Å². The zero-order valence-electron chi connectivity index (χ0n) is 13.6. The van der Waals surface area contributed by atoms with Crippen molar-refractivity contribution >= 4 is 23.5 Å². The first-order chi connectivity index (χ1) is 11.7. The number of thioether (sulfide) groups is 1. The van der Waals surface area contributed by atoms with Gasteiger partial charge in [0.1, 0.15) is 11.5 Å². The molecule has 1 atom stereocenters. The SMILES string of the molecule is CSCc1ccc(C(=O)N2CCC[C@H](C(=O)c3ccccn3)C2)o1. The van der Waals surface area contributed by atoms with Gasteiger partial charge in [-0.05, 0) is 43.4 Å². The lowest BCUT2D eigenvalue weighted by Gasteiger charge is -2.31. The number of likely N-dealkylation sites (tertiary alicyclic amines) is 1. The molecule has 24 heavy (non-hydrogen) atoms. The highest BCUT2D eigenvalue weighted by molar-refractivity contribution is 7.97. The van der Waals surface area contributed by atoms with Crippen LogP contribution < -0.4 is 0 Å². The molecule has 3 rings (SSSR count). The van der Waals surface area contributed by atoms with Crippen molar-refractivity contribution in [1.82, 2.24) is 9.88 Å². The summed E-state index contributed by atoms with van der Waals surface area (Å²) in [6, 6.07) is 8.88. The van der Waals surface area contributed by atoms with E-state index in [1.54, 1.807) is 41.1 Å². The molecular weight excluding hydrogens is 324 g/mol. The number of hydrogen-bond acceptors (Lipinski definition) is 5. The molecule has 0 bridgehead atoms. The number of hydrogen-bond donors (Lipinski definition) is 0. The highest BCUT2D eigenvalue weighted by atomic mass is 32.2. The molecule has 0 saturated carbocycles. The Kier molecular flexibility index (Phi) is 5.35. The van der Waals surface area contributed by atoms with Gasteiger partial charge in [-0.25, -0.2) is 0 Å². The molecule has 1 fully saturated rings. The third-order valence-electron chi connectivity index (χ3n) is 4.16. The van der Waals surface area contributed by atoms with Gasteiger partial charge < -0.3 is 9.32 Å². The Labute approximate surface area is 145 Å². The second-order valence-electron chi connectivity index (χ2n) is 5.87. The van der Waals surface area contributed by atoms with Gasteiger partial charge in [-0.2, -0.15) is 11.8 Å². The highest BCUT2D eigenvalue weighted by Crippen LogP contribution is 2.23. The smallest absolute Gasteiger partial charge is 0.289 e. The van der Waals surface area contributed by atoms with Crippen LogP contribution in [0.4, 0.5) is 0 Å². The average Bonchev–Trinajstić information content (AvgIpc) is 3.10. The molecule has 6 heteroatoms. The molecule has 2 aromatic heterocycles. The van der Waals surface area contributed by atoms with E-state index in [9.17, 15) is 9.59 Å². The van der Waals surface area contributed by atoms with E-state index in [0.717, 1.165) is 24.4 Å². The van der Waals surface area contributed by atoms with E-state index in [1.807, 2.05) is 18.4 Å². The third-order valence-corrected chi connectivity index (χ3v) is 4.73. The number of nitrogens with zero attached hydrogens (tertiary/aromatic N) is 2. The van der Waals surface area contributed by atoms with Crippen LogP contribution in [0.5, 0.6) is 0 Å². The Morgan fingerprint density at radius 1 is 1.33 bits per heavy atom. The number of carbonyl (C=O) groups is 2. The van der Waals surface area contributed by atoms with Gasteiger partial charge in [-0.15, -0.1) is 0 Å². The number of furan rings is 1. The van der Waals surface area contributed by atoms with Crippen LogP contribution in [0, 0.1) is 5.92 Å². The minimum absolute atomic E-state index is 0.00983. The summed E-state index contributed by atoms with van der Waals surface area (Å²) < 4.78 is 5.61. The standard InChI is InChI=1S/C18H20N2O3S/c1-24-12-14-7-8-16(23-14)18(22)20-10-4-5-13(11-20)17(21)15-6-2-3-9-19-15/h2-3,6-9,13H,4-5,10-12H2,1H3/t13-/m0/s1. The molecule has 1 amide bonds. The fourth-order valence-corrected chi connectivity index (χ4v) is 3.40. The second-order valence-corrected chi connectivity index (χ2v) is 6.73. The van der Waals surface area contributed by atoms with Crippen LogP contribution in [0.25, 0.3) is 0 Å². The van der Waals surface area contributed by atoms with Gasteiger partial charge in [0.2, 0.25) is 0 Å². The van der Waals surface area contributed by atoms with Crippen molar-refractivity contribution in [2.45, 2.75) is 18.6 Å². The molecule has 1 saturated heterocycles. The van der Waals surface area contributed by atoms with Crippen LogP contribution in [0.3, 0.4) is 0 Å². The summed E-state index contributed by atoms with van der Waals surface area (Å²) in [4.78, 5) is 31.0. The van der Waals surface area contributed by atoms with E-state index in [1.165, 1.54) is 0 Å². The fraction of sp³-hybridized carbons (Fsp3) is 0.389. The minimum atomic E-state index is -0.196. The van der Waals surface area contributed by atoms with Gasteiger partial charge in [0, 0.05) is 25.2 Å². The Hall–Kier alpha value is -2.08. The van der Waals surface area contributed by atoms with E-state index >= 15 is 0 Å². The third kappa shape index (κ3) is 3.70. The van der Waals surface area contributed by atoms with Crippen molar-refractivity contribution in [3.63, 3.8) is 0 Å². The number of aromatic nitrogens is 1. The van der Waals surface area contributed by atoms with E-state index in [2.05, 4.69) is 4.98 Å². The first-order valence-electron chi connectivity index (χ1n) is 8.01. The topological polar surface area (TPSA) is 63.4 Å². The van der Waals surface area contributed by atoms with Crippen LogP contribution >= 0.6 is 11.8 Å². The highest BCUT2D eigenvalue weighted by Gasteiger charge is 2.31. The Morgan fingerprint density at radius 3 is 2.96 bits per heavy atom. The van der Waals surface area contributed by atoms with Crippen molar-refractivity contribution < 1.29 is 14.0 Å². The predicted molar refractivity (Wildman–Crippen MR) is 93.1 cm³/mol. The second kappa shape index (κ2) is 7.66. The molecule has 0 spiro atoms.